The van der Waals surface area contributed by atoms with Gasteiger partial charge in [0, 0.05) is 32.1 Å². The average Bonchev–Trinajstić information content (AvgIpc) is 3.38. The molecule has 0 spiro atoms. The van der Waals surface area contributed by atoms with Crippen LogP contribution in [0.15, 0.2) is 42.5 Å². The standard InChI is InChI=1S/C22H21F2N3O3/c23-15-7-8-19(17(24)12-15)27-13-14(11-20(27)28)21(29)25-18-6-2-1-5-16(18)22(30)26-9-3-4-10-26/h1-2,5-8,12,14H,3-4,9-11,13H2,(H,25,29). The van der Waals surface area contributed by atoms with Gasteiger partial charge in [-0.25, -0.2) is 8.78 Å². The van der Waals surface area contributed by atoms with Gasteiger partial charge in [-0.3, -0.25) is 14.4 Å². The number of rotatable bonds is 4. The molecule has 2 aromatic carbocycles. The van der Waals surface area contributed by atoms with Crippen LogP contribution >= 0.6 is 0 Å². The highest BCUT2D eigenvalue weighted by atomic mass is 19.1. The summed E-state index contributed by atoms with van der Waals surface area (Å²) in [4.78, 5) is 40.8. The van der Waals surface area contributed by atoms with Crippen molar-refractivity contribution < 1.29 is 23.2 Å². The van der Waals surface area contributed by atoms with Crippen molar-refractivity contribution >= 4 is 29.1 Å². The molecule has 6 nitrogen and oxygen atoms in total. The number of para-hydroxylation sites is 1. The van der Waals surface area contributed by atoms with Crippen molar-refractivity contribution in [2.45, 2.75) is 19.3 Å². The lowest BCUT2D eigenvalue weighted by atomic mass is 10.1. The Labute approximate surface area is 172 Å². The van der Waals surface area contributed by atoms with Gasteiger partial charge < -0.3 is 15.1 Å². The van der Waals surface area contributed by atoms with Crippen LogP contribution in [0.1, 0.15) is 29.6 Å². The van der Waals surface area contributed by atoms with Gasteiger partial charge in [0.05, 0.1) is 22.9 Å². The van der Waals surface area contributed by atoms with Crippen LogP contribution in [0.4, 0.5) is 20.2 Å². The Morgan fingerprint density at radius 1 is 1.03 bits per heavy atom. The lowest BCUT2D eigenvalue weighted by Crippen LogP contribution is -2.31. The number of nitrogens with zero attached hydrogens (tertiary/aromatic N) is 2. The SMILES string of the molecule is O=C(Nc1ccccc1C(=O)N1CCCC1)C1CC(=O)N(c2ccc(F)cc2F)C1. The van der Waals surface area contributed by atoms with Gasteiger partial charge in [0.15, 0.2) is 0 Å². The van der Waals surface area contributed by atoms with E-state index in [0.29, 0.717) is 30.4 Å². The van der Waals surface area contributed by atoms with Gasteiger partial charge >= 0.3 is 0 Å². The molecule has 2 saturated heterocycles. The first-order chi connectivity index (χ1) is 14.4. The molecule has 0 bridgehead atoms. The smallest absolute Gasteiger partial charge is 0.255 e. The minimum Gasteiger partial charge on any atom is -0.339 e. The van der Waals surface area contributed by atoms with Crippen molar-refractivity contribution in [1.82, 2.24) is 4.90 Å². The fourth-order valence-corrected chi connectivity index (χ4v) is 3.92. The average molecular weight is 413 g/mol. The zero-order chi connectivity index (χ0) is 21.3. The third kappa shape index (κ3) is 3.90. The van der Waals surface area contributed by atoms with Crippen LogP contribution in [-0.2, 0) is 9.59 Å². The Morgan fingerprint density at radius 2 is 1.77 bits per heavy atom. The van der Waals surface area contributed by atoms with E-state index in [9.17, 15) is 23.2 Å². The highest BCUT2D eigenvalue weighted by Gasteiger charge is 2.36. The molecule has 1 N–H and O–H groups in total. The third-order valence-corrected chi connectivity index (χ3v) is 5.50. The van der Waals surface area contributed by atoms with E-state index in [1.165, 1.54) is 6.07 Å². The number of hydrogen-bond donors (Lipinski definition) is 1. The quantitative estimate of drug-likeness (QED) is 0.837. The molecule has 1 atom stereocenters. The van der Waals surface area contributed by atoms with Crippen LogP contribution in [0, 0.1) is 17.6 Å². The molecule has 0 saturated carbocycles. The molecule has 8 heteroatoms. The van der Waals surface area contributed by atoms with E-state index in [0.717, 1.165) is 23.8 Å². The molecule has 0 aromatic heterocycles. The van der Waals surface area contributed by atoms with E-state index in [-0.39, 0.29) is 24.6 Å². The normalized spacial score (nSPS) is 18.7. The lowest BCUT2D eigenvalue weighted by molar-refractivity contribution is -0.122. The second kappa shape index (κ2) is 8.22. The van der Waals surface area contributed by atoms with Crippen molar-refractivity contribution in [2.75, 3.05) is 29.9 Å². The Bertz CT molecular complexity index is 1000. The molecule has 156 valence electrons. The predicted molar refractivity (Wildman–Crippen MR) is 107 cm³/mol. The molecular weight excluding hydrogens is 392 g/mol. The summed E-state index contributed by atoms with van der Waals surface area (Å²) in [5.74, 6) is -3.28. The largest absolute Gasteiger partial charge is 0.339 e. The second-order valence-corrected chi connectivity index (χ2v) is 7.54. The first kappa shape index (κ1) is 20.0. The minimum absolute atomic E-state index is 0.0184. The van der Waals surface area contributed by atoms with Crippen molar-refractivity contribution in [3.8, 4) is 0 Å². The maximum Gasteiger partial charge on any atom is 0.255 e. The summed E-state index contributed by atoms with van der Waals surface area (Å²) in [5, 5.41) is 2.75. The zero-order valence-corrected chi connectivity index (χ0v) is 16.2. The van der Waals surface area contributed by atoms with Gasteiger partial charge in [0.1, 0.15) is 11.6 Å². The van der Waals surface area contributed by atoms with E-state index in [4.69, 9.17) is 0 Å². The molecule has 0 aliphatic carbocycles. The lowest BCUT2D eigenvalue weighted by Gasteiger charge is -2.19. The van der Waals surface area contributed by atoms with E-state index < -0.39 is 29.4 Å². The molecule has 2 fully saturated rings. The summed E-state index contributed by atoms with van der Waals surface area (Å²) >= 11 is 0. The maximum atomic E-state index is 14.1. The number of amides is 3. The first-order valence-corrected chi connectivity index (χ1v) is 9.88. The molecule has 2 heterocycles. The Morgan fingerprint density at radius 3 is 2.50 bits per heavy atom. The third-order valence-electron chi connectivity index (χ3n) is 5.50. The number of carbonyl (C=O) groups is 3. The summed E-state index contributed by atoms with van der Waals surface area (Å²) < 4.78 is 27.2. The van der Waals surface area contributed by atoms with E-state index >= 15 is 0 Å². The fraction of sp³-hybridized carbons (Fsp3) is 0.318. The Kier molecular flexibility index (Phi) is 5.48. The molecule has 1 unspecified atom stereocenters. The Balaban J connectivity index is 1.49. The zero-order valence-electron chi connectivity index (χ0n) is 16.2. The van der Waals surface area contributed by atoms with Gasteiger partial charge in [-0.1, -0.05) is 12.1 Å². The van der Waals surface area contributed by atoms with Gasteiger partial charge in [-0.2, -0.15) is 0 Å². The van der Waals surface area contributed by atoms with Crippen molar-refractivity contribution in [1.29, 1.82) is 0 Å². The molecule has 4 rings (SSSR count). The number of anilines is 2. The van der Waals surface area contributed by atoms with Crippen LogP contribution in [0.2, 0.25) is 0 Å². The highest BCUT2D eigenvalue weighted by Crippen LogP contribution is 2.29. The van der Waals surface area contributed by atoms with Crippen LogP contribution in [0.3, 0.4) is 0 Å². The topological polar surface area (TPSA) is 69.7 Å². The van der Waals surface area contributed by atoms with Gasteiger partial charge in [-0.05, 0) is 37.1 Å². The maximum absolute atomic E-state index is 14.1. The van der Waals surface area contributed by atoms with E-state index in [2.05, 4.69) is 5.32 Å². The molecule has 0 radical (unpaired) electrons. The molecule has 2 aliphatic rings. The number of benzene rings is 2. The van der Waals surface area contributed by atoms with Crippen LogP contribution < -0.4 is 10.2 Å². The predicted octanol–water partition coefficient (Wildman–Crippen LogP) is 3.19. The van der Waals surface area contributed by atoms with Gasteiger partial charge in [0.2, 0.25) is 11.8 Å². The van der Waals surface area contributed by atoms with E-state index in [1.807, 2.05) is 0 Å². The molecule has 3 amide bonds. The minimum atomic E-state index is -0.856. The molecular formula is C22H21F2N3O3. The molecule has 2 aromatic rings. The van der Waals surface area contributed by atoms with Crippen LogP contribution in [0.25, 0.3) is 0 Å². The van der Waals surface area contributed by atoms with Crippen LogP contribution in [0.5, 0.6) is 0 Å². The summed E-state index contributed by atoms with van der Waals surface area (Å²) in [5.41, 5.74) is 0.734. The Hall–Kier alpha value is -3.29. The second-order valence-electron chi connectivity index (χ2n) is 7.54. The summed E-state index contributed by atoms with van der Waals surface area (Å²) in [7, 11) is 0. The number of nitrogens with one attached hydrogen (secondary N) is 1. The monoisotopic (exact) mass is 413 g/mol. The summed E-state index contributed by atoms with van der Waals surface area (Å²) in [6.07, 6.45) is 1.82. The van der Waals surface area contributed by atoms with Gasteiger partial charge in [0.25, 0.3) is 5.91 Å². The summed E-state index contributed by atoms with van der Waals surface area (Å²) in [6, 6.07) is 9.72. The van der Waals surface area contributed by atoms with Crippen molar-refractivity contribution in [3.63, 3.8) is 0 Å². The fourth-order valence-electron chi connectivity index (χ4n) is 3.92. The van der Waals surface area contributed by atoms with Gasteiger partial charge in [-0.15, -0.1) is 0 Å². The number of halogens is 2. The van der Waals surface area contributed by atoms with E-state index in [1.54, 1.807) is 29.2 Å². The first-order valence-electron chi connectivity index (χ1n) is 9.88. The highest BCUT2D eigenvalue weighted by molar-refractivity contribution is 6.07. The number of likely N-dealkylation sites (tertiary alicyclic amines) is 1. The van der Waals surface area contributed by atoms with Crippen molar-refractivity contribution in [2.24, 2.45) is 5.92 Å². The van der Waals surface area contributed by atoms with Crippen LogP contribution in [-0.4, -0.2) is 42.3 Å². The number of carbonyl (C=O) groups excluding carboxylic acids is 3. The molecule has 2 aliphatic heterocycles. The summed E-state index contributed by atoms with van der Waals surface area (Å²) in [6.45, 7) is 1.36. The number of hydrogen-bond acceptors (Lipinski definition) is 3. The molecule has 30 heavy (non-hydrogen) atoms. The van der Waals surface area contributed by atoms with Crippen molar-refractivity contribution in [3.05, 3.63) is 59.7 Å².